The van der Waals surface area contributed by atoms with Crippen LogP contribution in [0, 0.1) is 31.5 Å². The standard InChI is InChI=1S/C30H44FN3O5S/c1-21-16-27(38-6)17-22(2)30(21)40(36,37)34(5)14-15-39-20-28(35)32-19-23-10-12-24(13-11-23)29(33(3)4)25-8-7-9-26(31)18-25/h7-9,16-18,23-24,29H,10-15,19-20H2,1-6H3,(H,32,35). The van der Waals surface area contributed by atoms with Gasteiger partial charge in [-0.3, -0.25) is 4.79 Å². The van der Waals surface area contributed by atoms with Crippen LogP contribution < -0.4 is 10.1 Å². The lowest BCUT2D eigenvalue weighted by Crippen LogP contribution is -2.36. The number of carbonyl (C=O) groups is 1. The molecule has 1 aliphatic rings. The number of halogens is 1. The number of carbonyl (C=O) groups excluding carboxylic acids is 1. The molecule has 3 rings (SSSR count). The second kappa shape index (κ2) is 14.4. The van der Waals surface area contributed by atoms with Crippen molar-refractivity contribution in [1.82, 2.24) is 14.5 Å². The normalized spacial score (nSPS) is 18.6. The van der Waals surface area contributed by atoms with E-state index in [0.717, 1.165) is 31.2 Å². The van der Waals surface area contributed by atoms with Gasteiger partial charge in [-0.15, -0.1) is 0 Å². The number of methoxy groups -OCH3 is 1. The molecule has 0 saturated heterocycles. The first-order valence-corrected chi connectivity index (χ1v) is 15.3. The maximum Gasteiger partial charge on any atom is 0.246 e. The topological polar surface area (TPSA) is 88.2 Å². The third-order valence-corrected chi connectivity index (χ3v) is 9.96. The predicted octanol–water partition coefficient (Wildman–Crippen LogP) is 4.31. The summed E-state index contributed by atoms with van der Waals surface area (Å²) in [5.74, 6) is 1.02. The van der Waals surface area contributed by atoms with E-state index in [-0.39, 0.29) is 42.4 Å². The number of hydrogen-bond acceptors (Lipinski definition) is 6. The summed E-state index contributed by atoms with van der Waals surface area (Å²) in [5.41, 5.74) is 2.24. The summed E-state index contributed by atoms with van der Waals surface area (Å²) in [6, 6.07) is 10.4. The van der Waals surface area contributed by atoms with Crippen molar-refractivity contribution in [3.05, 3.63) is 58.9 Å². The highest BCUT2D eigenvalue weighted by Crippen LogP contribution is 2.39. The molecule has 0 heterocycles. The van der Waals surface area contributed by atoms with E-state index in [2.05, 4.69) is 10.2 Å². The van der Waals surface area contributed by atoms with Crippen LogP contribution >= 0.6 is 0 Å². The van der Waals surface area contributed by atoms with E-state index in [4.69, 9.17) is 9.47 Å². The number of ether oxygens (including phenoxy) is 2. The Labute approximate surface area is 238 Å². The molecule has 2 aromatic rings. The molecule has 0 aromatic heterocycles. The molecule has 2 aromatic carbocycles. The van der Waals surface area contributed by atoms with Gasteiger partial charge in [0.05, 0.1) is 18.6 Å². The van der Waals surface area contributed by atoms with E-state index in [9.17, 15) is 17.6 Å². The van der Waals surface area contributed by atoms with Gasteiger partial charge in [0.25, 0.3) is 0 Å². The third-order valence-electron chi connectivity index (χ3n) is 7.79. The van der Waals surface area contributed by atoms with Crippen LogP contribution in [0.1, 0.15) is 48.4 Å². The Morgan fingerprint density at radius 1 is 1.07 bits per heavy atom. The van der Waals surface area contributed by atoms with Crippen LogP contribution in [0.4, 0.5) is 4.39 Å². The highest BCUT2D eigenvalue weighted by molar-refractivity contribution is 7.89. The lowest BCUT2D eigenvalue weighted by molar-refractivity contribution is -0.126. The van der Waals surface area contributed by atoms with Gasteiger partial charge < -0.3 is 19.7 Å². The molecule has 1 atom stereocenters. The first-order valence-electron chi connectivity index (χ1n) is 13.8. The summed E-state index contributed by atoms with van der Waals surface area (Å²) >= 11 is 0. The maximum atomic E-state index is 13.8. The van der Waals surface area contributed by atoms with Crippen molar-refractivity contribution in [3.8, 4) is 5.75 Å². The monoisotopic (exact) mass is 577 g/mol. The minimum Gasteiger partial charge on any atom is -0.497 e. The van der Waals surface area contributed by atoms with Gasteiger partial charge in [-0.25, -0.2) is 12.8 Å². The van der Waals surface area contributed by atoms with Crippen LogP contribution in [0.3, 0.4) is 0 Å². The largest absolute Gasteiger partial charge is 0.497 e. The zero-order chi connectivity index (χ0) is 29.4. The average Bonchev–Trinajstić information content (AvgIpc) is 2.89. The molecule has 0 bridgehead atoms. The minimum absolute atomic E-state index is 0.106. The summed E-state index contributed by atoms with van der Waals surface area (Å²) in [6.07, 6.45) is 4.03. The van der Waals surface area contributed by atoms with E-state index < -0.39 is 10.0 Å². The van der Waals surface area contributed by atoms with Crippen molar-refractivity contribution in [2.75, 3.05) is 54.6 Å². The highest BCUT2D eigenvalue weighted by atomic mass is 32.2. The summed E-state index contributed by atoms with van der Waals surface area (Å²) in [5, 5.41) is 2.96. The Morgan fingerprint density at radius 2 is 1.73 bits per heavy atom. The zero-order valence-electron chi connectivity index (χ0n) is 24.6. The SMILES string of the molecule is COc1cc(C)c(S(=O)(=O)N(C)CCOCC(=O)NCC2CCC(C(c3cccc(F)c3)N(C)C)CC2)c(C)c1. The van der Waals surface area contributed by atoms with Crippen LogP contribution in [0.5, 0.6) is 5.75 Å². The maximum absolute atomic E-state index is 13.8. The van der Waals surface area contributed by atoms with Gasteiger partial charge in [0.1, 0.15) is 18.2 Å². The van der Waals surface area contributed by atoms with Gasteiger partial charge in [0, 0.05) is 26.2 Å². The number of rotatable bonds is 13. The number of sulfonamides is 1. The molecule has 1 unspecified atom stereocenters. The number of nitrogens with zero attached hydrogens (tertiary/aromatic N) is 2. The van der Waals surface area contributed by atoms with E-state index >= 15 is 0 Å². The number of hydrogen-bond donors (Lipinski definition) is 1. The lowest BCUT2D eigenvalue weighted by atomic mass is 9.76. The summed E-state index contributed by atoms with van der Waals surface area (Å²) < 4.78 is 52.0. The predicted molar refractivity (Wildman–Crippen MR) is 154 cm³/mol. The molecule has 0 radical (unpaired) electrons. The van der Waals surface area contributed by atoms with Crippen LogP contribution in [-0.4, -0.2) is 78.1 Å². The number of amides is 1. The Bertz CT molecular complexity index is 1220. The van der Waals surface area contributed by atoms with Crippen molar-refractivity contribution >= 4 is 15.9 Å². The highest BCUT2D eigenvalue weighted by Gasteiger charge is 2.30. The Hall–Kier alpha value is -2.53. The van der Waals surface area contributed by atoms with Gasteiger partial charge in [0.2, 0.25) is 15.9 Å². The molecule has 1 aliphatic carbocycles. The Balaban J connectivity index is 1.39. The molecule has 222 valence electrons. The molecular formula is C30H44FN3O5S. The number of aryl methyl sites for hydroxylation is 2. The average molecular weight is 578 g/mol. The Kier molecular flexibility index (Phi) is 11.5. The van der Waals surface area contributed by atoms with Crippen molar-refractivity contribution in [3.63, 3.8) is 0 Å². The second-order valence-electron chi connectivity index (χ2n) is 11.0. The molecule has 8 nitrogen and oxygen atoms in total. The third kappa shape index (κ3) is 8.25. The van der Waals surface area contributed by atoms with Crippen molar-refractivity contribution < 1.29 is 27.1 Å². The first kappa shape index (κ1) is 32.0. The summed E-state index contributed by atoms with van der Waals surface area (Å²) in [6.45, 7) is 4.19. The smallest absolute Gasteiger partial charge is 0.246 e. The summed E-state index contributed by atoms with van der Waals surface area (Å²) in [4.78, 5) is 14.8. The fourth-order valence-electron chi connectivity index (χ4n) is 5.77. The van der Waals surface area contributed by atoms with Crippen LogP contribution in [0.25, 0.3) is 0 Å². The fourth-order valence-corrected chi connectivity index (χ4v) is 7.33. The van der Waals surface area contributed by atoms with E-state index in [0.29, 0.717) is 35.3 Å². The van der Waals surface area contributed by atoms with Crippen molar-refractivity contribution in [2.45, 2.75) is 50.5 Å². The molecular weight excluding hydrogens is 533 g/mol. The zero-order valence-corrected chi connectivity index (χ0v) is 25.4. The first-order chi connectivity index (χ1) is 18.9. The number of benzene rings is 2. The van der Waals surface area contributed by atoms with Crippen LogP contribution in [-0.2, 0) is 19.6 Å². The number of nitrogens with one attached hydrogen (secondary N) is 1. The van der Waals surface area contributed by atoms with Gasteiger partial charge in [0.15, 0.2) is 0 Å². The van der Waals surface area contributed by atoms with Crippen molar-refractivity contribution in [2.24, 2.45) is 11.8 Å². The van der Waals surface area contributed by atoms with Gasteiger partial charge >= 0.3 is 0 Å². The van der Waals surface area contributed by atoms with Gasteiger partial charge in [-0.05, 0) is 106 Å². The van der Waals surface area contributed by atoms with E-state index in [1.807, 2.05) is 20.2 Å². The van der Waals surface area contributed by atoms with Gasteiger partial charge in [-0.1, -0.05) is 12.1 Å². The molecule has 1 amide bonds. The van der Waals surface area contributed by atoms with E-state index in [1.54, 1.807) is 45.2 Å². The molecule has 1 fully saturated rings. The lowest BCUT2D eigenvalue weighted by Gasteiger charge is -2.37. The summed E-state index contributed by atoms with van der Waals surface area (Å²) in [7, 11) is 3.42. The van der Waals surface area contributed by atoms with Gasteiger partial charge in [-0.2, -0.15) is 4.31 Å². The molecule has 40 heavy (non-hydrogen) atoms. The molecule has 10 heteroatoms. The molecule has 1 N–H and O–H groups in total. The second-order valence-corrected chi connectivity index (χ2v) is 13.0. The quantitative estimate of drug-likeness (QED) is 0.357. The van der Waals surface area contributed by atoms with Crippen LogP contribution in [0.2, 0.25) is 0 Å². The minimum atomic E-state index is -3.71. The van der Waals surface area contributed by atoms with Crippen LogP contribution in [0.15, 0.2) is 41.3 Å². The Morgan fingerprint density at radius 3 is 2.30 bits per heavy atom. The molecule has 1 saturated carbocycles. The van der Waals surface area contributed by atoms with Crippen molar-refractivity contribution in [1.29, 1.82) is 0 Å². The fraction of sp³-hybridized carbons (Fsp3) is 0.567. The molecule has 0 spiro atoms. The molecule has 0 aliphatic heterocycles. The number of likely N-dealkylation sites (N-methyl/N-ethyl adjacent to an activating group) is 1. The van der Waals surface area contributed by atoms with E-state index in [1.165, 1.54) is 17.4 Å².